The van der Waals surface area contributed by atoms with Gasteiger partial charge in [-0.05, 0) is 24.6 Å². The lowest BCUT2D eigenvalue weighted by molar-refractivity contribution is -0.137. The molecule has 21 heavy (non-hydrogen) atoms. The average Bonchev–Trinajstić information content (AvgIpc) is 2.43. The monoisotopic (exact) mass is 321 g/mol. The van der Waals surface area contributed by atoms with Gasteiger partial charge in [-0.3, -0.25) is 0 Å². The van der Waals surface area contributed by atoms with Crippen molar-refractivity contribution in [2.45, 2.75) is 19.5 Å². The second-order valence-corrected chi connectivity index (χ2v) is 4.55. The molecule has 0 aliphatic rings. The predicted molar refractivity (Wildman–Crippen MR) is 75.3 cm³/mol. The number of carbonyl (C=O) groups is 1. The Balaban J connectivity index is 2.84. The summed E-state index contributed by atoms with van der Waals surface area (Å²) in [5.41, 5.74) is -0.196. The summed E-state index contributed by atoms with van der Waals surface area (Å²) in [6, 6.07) is 3.02. The molecule has 0 aromatic heterocycles. The molecule has 3 nitrogen and oxygen atoms in total. The molecule has 116 valence electrons. The lowest BCUT2D eigenvalue weighted by Crippen LogP contribution is -2.09. The molecule has 0 saturated heterocycles. The van der Waals surface area contributed by atoms with E-state index in [0.29, 0.717) is 12.0 Å². The summed E-state index contributed by atoms with van der Waals surface area (Å²) < 4.78 is 42.4. The Morgan fingerprint density at radius 3 is 2.62 bits per heavy atom. The molecule has 0 unspecified atom stereocenters. The minimum absolute atomic E-state index is 0.156. The van der Waals surface area contributed by atoms with Crippen molar-refractivity contribution in [1.82, 2.24) is 0 Å². The fraction of sp³-hybridized carbons (Fsp3) is 0.357. The van der Waals surface area contributed by atoms with Crippen LogP contribution in [0.2, 0.25) is 5.02 Å². The molecule has 0 atom stereocenters. The Morgan fingerprint density at radius 1 is 1.43 bits per heavy atom. The molecule has 1 N–H and O–H groups in total. The summed E-state index contributed by atoms with van der Waals surface area (Å²) in [5, 5.41) is 2.93. The van der Waals surface area contributed by atoms with Crippen LogP contribution in [0.4, 0.5) is 18.9 Å². The van der Waals surface area contributed by atoms with Crippen molar-refractivity contribution < 1.29 is 22.7 Å². The van der Waals surface area contributed by atoms with Gasteiger partial charge < -0.3 is 10.1 Å². The summed E-state index contributed by atoms with van der Waals surface area (Å²) in [6.07, 6.45) is -2.41. The topological polar surface area (TPSA) is 38.3 Å². The van der Waals surface area contributed by atoms with Crippen molar-refractivity contribution in [3.05, 3.63) is 40.4 Å². The van der Waals surface area contributed by atoms with Gasteiger partial charge in [0.25, 0.3) is 0 Å². The van der Waals surface area contributed by atoms with Crippen molar-refractivity contribution in [3.63, 3.8) is 0 Å². The molecule has 1 rings (SSSR count). The van der Waals surface area contributed by atoms with Crippen LogP contribution in [0.15, 0.2) is 29.8 Å². The zero-order valence-electron chi connectivity index (χ0n) is 11.6. The third-order valence-corrected chi connectivity index (χ3v) is 3.09. The number of esters is 1. The molecule has 0 saturated carbocycles. The van der Waals surface area contributed by atoms with Crippen LogP contribution in [-0.4, -0.2) is 19.6 Å². The van der Waals surface area contributed by atoms with Crippen molar-refractivity contribution in [3.8, 4) is 0 Å². The Kier molecular flexibility index (Phi) is 6.08. The van der Waals surface area contributed by atoms with Gasteiger partial charge in [-0.2, -0.15) is 13.2 Å². The van der Waals surface area contributed by atoms with Crippen LogP contribution in [-0.2, 0) is 15.7 Å². The van der Waals surface area contributed by atoms with Crippen molar-refractivity contribution in [1.29, 1.82) is 0 Å². The van der Waals surface area contributed by atoms with E-state index in [9.17, 15) is 18.0 Å². The molecule has 0 fully saturated rings. The smallest absolute Gasteiger partial charge is 0.416 e. The summed E-state index contributed by atoms with van der Waals surface area (Å²) in [4.78, 5) is 11.3. The number of benzene rings is 1. The molecule has 1 aromatic carbocycles. The van der Waals surface area contributed by atoms with Crippen molar-refractivity contribution in [2.24, 2.45) is 0 Å². The van der Waals surface area contributed by atoms with Crippen LogP contribution in [0.1, 0.15) is 18.9 Å². The molecule has 0 spiro atoms. The Bertz CT molecular complexity index is 542. The molecular formula is C14H15ClF3NO2. The normalized spacial score (nSPS) is 12.2. The zero-order chi connectivity index (χ0) is 16.0. The van der Waals surface area contributed by atoms with E-state index in [0.717, 1.165) is 12.1 Å². The van der Waals surface area contributed by atoms with Gasteiger partial charge >= 0.3 is 12.1 Å². The van der Waals surface area contributed by atoms with Crippen LogP contribution >= 0.6 is 11.6 Å². The van der Waals surface area contributed by atoms with Crippen LogP contribution < -0.4 is 5.32 Å². The maximum atomic E-state index is 12.6. The second kappa shape index (κ2) is 7.36. The van der Waals surface area contributed by atoms with Gasteiger partial charge in [0.15, 0.2) is 0 Å². The number of hydrogen-bond donors (Lipinski definition) is 1. The number of rotatable bonds is 5. The largest absolute Gasteiger partial charge is 0.466 e. The first-order chi connectivity index (χ1) is 9.79. The molecule has 7 heteroatoms. The van der Waals surface area contributed by atoms with Crippen molar-refractivity contribution in [2.75, 3.05) is 19.0 Å². The number of nitrogens with one attached hydrogen (secondary N) is 1. The molecule has 0 heterocycles. The number of methoxy groups -OCH3 is 1. The number of carbonyl (C=O) groups excluding carboxylic acids is 1. The van der Waals surface area contributed by atoms with Gasteiger partial charge in [-0.25, -0.2) is 4.79 Å². The van der Waals surface area contributed by atoms with E-state index in [4.69, 9.17) is 11.6 Å². The minimum Gasteiger partial charge on any atom is -0.466 e. The van der Waals surface area contributed by atoms with E-state index in [1.807, 2.05) is 0 Å². The molecule has 0 aliphatic heterocycles. The zero-order valence-corrected chi connectivity index (χ0v) is 12.3. The lowest BCUT2D eigenvalue weighted by atomic mass is 10.1. The van der Waals surface area contributed by atoms with Gasteiger partial charge in [0.2, 0.25) is 0 Å². The molecule has 0 bridgehead atoms. The molecule has 0 amide bonds. The fourth-order valence-corrected chi connectivity index (χ4v) is 1.81. The quantitative estimate of drug-likeness (QED) is 0.650. The van der Waals surface area contributed by atoms with Gasteiger partial charge in [0.05, 0.1) is 23.4 Å². The maximum absolute atomic E-state index is 12.6. The Labute approximate surface area is 125 Å². The number of halogens is 4. The second-order valence-electron chi connectivity index (χ2n) is 4.15. The van der Waals surface area contributed by atoms with E-state index in [2.05, 4.69) is 10.1 Å². The van der Waals surface area contributed by atoms with Crippen LogP contribution in [0, 0.1) is 0 Å². The Morgan fingerprint density at radius 2 is 2.10 bits per heavy atom. The molecule has 0 radical (unpaired) electrons. The minimum atomic E-state index is -4.43. The fourth-order valence-electron chi connectivity index (χ4n) is 1.62. The highest BCUT2D eigenvalue weighted by Crippen LogP contribution is 2.33. The van der Waals surface area contributed by atoms with Gasteiger partial charge in [0, 0.05) is 12.1 Å². The SMILES string of the molecule is CC/C(=C/CNc1cc(C(F)(F)F)ccc1Cl)C(=O)OC. The van der Waals surface area contributed by atoms with Crippen molar-refractivity contribution >= 4 is 23.3 Å². The third kappa shape index (κ3) is 4.97. The number of alkyl halides is 3. The molecule has 0 aliphatic carbocycles. The highest BCUT2D eigenvalue weighted by Gasteiger charge is 2.30. The number of ether oxygens (including phenoxy) is 1. The van der Waals surface area contributed by atoms with E-state index in [1.54, 1.807) is 13.0 Å². The van der Waals surface area contributed by atoms with Crippen LogP contribution in [0.5, 0.6) is 0 Å². The first-order valence-electron chi connectivity index (χ1n) is 6.17. The maximum Gasteiger partial charge on any atom is 0.416 e. The van der Waals surface area contributed by atoms with E-state index < -0.39 is 17.7 Å². The standard InChI is InChI=1S/C14H15ClF3NO2/c1-3-9(13(20)21-2)6-7-19-12-8-10(14(16,17)18)4-5-11(12)15/h4-6,8,19H,3,7H2,1-2H3/b9-6-. The van der Waals surface area contributed by atoms with E-state index in [1.165, 1.54) is 13.2 Å². The highest BCUT2D eigenvalue weighted by atomic mass is 35.5. The summed E-state index contributed by atoms with van der Waals surface area (Å²) in [5.74, 6) is -0.463. The van der Waals surface area contributed by atoms with Gasteiger partial charge in [0.1, 0.15) is 0 Å². The lowest BCUT2D eigenvalue weighted by Gasteiger charge is -2.11. The summed E-state index contributed by atoms with van der Waals surface area (Å²) in [7, 11) is 1.27. The van der Waals surface area contributed by atoms with Crippen LogP contribution in [0.3, 0.4) is 0 Å². The first kappa shape index (κ1) is 17.4. The van der Waals surface area contributed by atoms with Gasteiger partial charge in [-0.1, -0.05) is 24.6 Å². The summed E-state index contributed by atoms with van der Waals surface area (Å²) >= 11 is 5.84. The first-order valence-corrected chi connectivity index (χ1v) is 6.55. The van der Waals surface area contributed by atoms with Crippen LogP contribution in [0.25, 0.3) is 0 Å². The number of anilines is 1. The van der Waals surface area contributed by atoms with E-state index in [-0.39, 0.29) is 17.3 Å². The van der Waals surface area contributed by atoms with E-state index >= 15 is 0 Å². The molecule has 1 aromatic rings. The third-order valence-electron chi connectivity index (χ3n) is 2.76. The summed E-state index contributed by atoms with van der Waals surface area (Å²) in [6.45, 7) is 1.94. The average molecular weight is 322 g/mol. The predicted octanol–water partition coefficient (Wildman–Crippen LogP) is 4.28. The molecular weight excluding hydrogens is 307 g/mol. The Hall–Kier alpha value is -1.69. The number of hydrogen-bond acceptors (Lipinski definition) is 3. The highest BCUT2D eigenvalue weighted by molar-refractivity contribution is 6.33. The van der Waals surface area contributed by atoms with Gasteiger partial charge in [-0.15, -0.1) is 0 Å².